The van der Waals surface area contributed by atoms with Gasteiger partial charge in [0.2, 0.25) is 5.91 Å². The van der Waals surface area contributed by atoms with Crippen molar-refractivity contribution in [3.05, 3.63) is 0 Å². The molecule has 18 heavy (non-hydrogen) atoms. The highest BCUT2D eigenvalue weighted by molar-refractivity contribution is 5.85. The summed E-state index contributed by atoms with van der Waals surface area (Å²) < 4.78 is 0. The van der Waals surface area contributed by atoms with Crippen molar-refractivity contribution in [2.75, 3.05) is 26.7 Å². The fraction of sp³-hybridized carbons (Fsp3) is 0.929. The van der Waals surface area contributed by atoms with Gasteiger partial charge in [0.05, 0.1) is 0 Å². The van der Waals surface area contributed by atoms with Gasteiger partial charge in [0, 0.05) is 18.5 Å². The lowest BCUT2D eigenvalue weighted by molar-refractivity contribution is -0.140. The third-order valence-corrected chi connectivity index (χ3v) is 3.56. The standard InChI is InChI=1S/C14H28N2O.ClH/c1-11(2)8-14(3,4)13(17)16-7-6-12(10-16)9-15-5;/h11-12,15H,6-10H2,1-5H3;1H. The van der Waals surface area contributed by atoms with Crippen LogP contribution in [0.25, 0.3) is 0 Å². The molecule has 3 nitrogen and oxygen atoms in total. The lowest BCUT2D eigenvalue weighted by Crippen LogP contribution is -2.40. The number of halogens is 1. The van der Waals surface area contributed by atoms with E-state index in [1.165, 1.54) is 0 Å². The van der Waals surface area contributed by atoms with E-state index in [9.17, 15) is 4.79 Å². The van der Waals surface area contributed by atoms with E-state index < -0.39 is 0 Å². The smallest absolute Gasteiger partial charge is 0.228 e. The molecule has 1 fully saturated rings. The SMILES string of the molecule is CNCC1CCN(C(=O)C(C)(C)CC(C)C)C1.Cl. The minimum Gasteiger partial charge on any atom is -0.342 e. The Bertz CT molecular complexity index is 267. The normalized spacial score (nSPS) is 20.1. The van der Waals surface area contributed by atoms with Crippen molar-refractivity contribution in [3.63, 3.8) is 0 Å². The van der Waals surface area contributed by atoms with Gasteiger partial charge in [-0.05, 0) is 38.3 Å². The minimum absolute atomic E-state index is 0. The van der Waals surface area contributed by atoms with Crippen LogP contribution in [-0.2, 0) is 4.79 Å². The van der Waals surface area contributed by atoms with Crippen molar-refractivity contribution in [1.29, 1.82) is 0 Å². The van der Waals surface area contributed by atoms with E-state index in [0.717, 1.165) is 32.5 Å². The number of carbonyl (C=O) groups is 1. The first-order valence-corrected chi connectivity index (χ1v) is 6.80. The number of hydrogen-bond acceptors (Lipinski definition) is 2. The highest BCUT2D eigenvalue weighted by Gasteiger charge is 2.35. The van der Waals surface area contributed by atoms with Crippen molar-refractivity contribution >= 4 is 18.3 Å². The molecular weight excluding hydrogens is 248 g/mol. The topological polar surface area (TPSA) is 32.3 Å². The Balaban J connectivity index is 0.00000289. The van der Waals surface area contributed by atoms with Crippen LogP contribution in [-0.4, -0.2) is 37.5 Å². The molecule has 0 aromatic heterocycles. The van der Waals surface area contributed by atoms with Crippen LogP contribution in [0, 0.1) is 17.3 Å². The number of rotatable bonds is 5. The molecule has 1 atom stereocenters. The Morgan fingerprint density at radius 3 is 2.56 bits per heavy atom. The summed E-state index contributed by atoms with van der Waals surface area (Å²) in [5.74, 6) is 1.55. The summed E-state index contributed by atoms with van der Waals surface area (Å²) in [6, 6.07) is 0. The maximum absolute atomic E-state index is 12.5. The first-order chi connectivity index (χ1) is 7.86. The van der Waals surface area contributed by atoms with Gasteiger partial charge < -0.3 is 10.2 Å². The van der Waals surface area contributed by atoms with Gasteiger partial charge in [0.15, 0.2) is 0 Å². The largest absolute Gasteiger partial charge is 0.342 e. The van der Waals surface area contributed by atoms with Gasteiger partial charge >= 0.3 is 0 Å². The molecule has 1 aliphatic rings. The van der Waals surface area contributed by atoms with Crippen LogP contribution in [0.4, 0.5) is 0 Å². The van der Waals surface area contributed by atoms with Crippen LogP contribution in [0.5, 0.6) is 0 Å². The molecule has 1 heterocycles. The van der Waals surface area contributed by atoms with Crippen molar-refractivity contribution in [2.45, 2.75) is 40.5 Å². The maximum atomic E-state index is 12.5. The molecule has 1 N–H and O–H groups in total. The van der Waals surface area contributed by atoms with Crippen LogP contribution in [0.15, 0.2) is 0 Å². The Kier molecular flexibility index (Phi) is 7.23. The van der Waals surface area contributed by atoms with Crippen LogP contribution in [0.1, 0.15) is 40.5 Å². The highest BCUT2D eigenvalue weighted by Crippen LogP contribution is 2.30. The molecule has 1 unspecified atom stereocenters. The summed E-state index contributed by atoms with van der Waals surface area (Å²) in [6.45, 7) is 11.4. The van der Waals surface area contributed by atoms with Crippen LogP contribution in [0.2, 0.25) is 0 Å². The van der Waals surface area contributed by atoms with E-state index in [1.54, 1.807) is 0 Å². The van der Waals surface area contributed by atoms with Gasteiger partial charge in [-0.25, -0.2) is 0 Å². The molecule has 108 valence electrons. The second-order valence-corrected chi connectivity index (χ2v) is 6.45. The van der Waals surface area contributed by atoms with Gasteiger partial charge in [0.1, 0.15) is 0 Å². The predicted molar refractivity (Wildman–Crippen MR) is 79.1 cm³/mol. The van der Waals surface area contributed by atoms with E-state index in [4.69, 9.17) is 0 Å². The zero-order valence-corrected chi connectivity index (χ0v) is 13.3. The Hall–Kier alpha value is -0.280. The van der Waals surface area contributed by atoms with E-state index >= 15 is 0 Å². The Labute approximate surface area is 118 Å². The zero-order valence-electron chi connectivity index (χ0n) is 12.5. The molecule has 1 aliphatic heterocycles. The number of nitrogens with zero attached hydrogens (tertiary/aromatic N) is 1. The lowest BCUT2D eigenvalue weighted by atomic mass is 9.82. The molecule has 0 spiro atoms. The van der Waals surface area contributed by atoms with Gasteiger partial charge in [-0.1, -0.05) is 27.7 Å². The fourth-order valence-electron chi connectivity index (χ4n) is 3.01. The summed E-state index contributed by atoms with van der Waals surface area (Å²) >= 11 is 0. The van der Waals surface area contributed by atoms with Crippen LogP contribution in [0.3, 0.4) is 0 Å². The quantitative estimate of drug-likeness (QED) is 0.837. The first-order valence-electron chi connectivity index (χ1n) is 6.80. The second-order valence-electron chi connectivity index (χ2n) is 6.45. The number of hydrogen-bond donors (Lipinski definition) is 1. The molecule has 0 bridgehead atoms. The Morgan fingerprint density at radius 1 is 1.44 bits per heavy atom. The Morgan fingerprint density at radius 2 is 2.06 bits per heavy atom. The molecule has 0 aliphatic carbocycles. The van der Waals surface area contributed by atoms with Crippen molar-refractivity contribution < 1.29 is 4.79 Å². The molecule has 1 saturated heterocycles. The minimum atomic E-state index is -0.206. The summed E-state index contributed by atoms with van der Waals surface area (Å²) in [5.41, 5.74) is -0.206. The van der Waals surface area contributed by atoms with Gasteiger partial charge in [-0.2, -0.15) is 0 Å². The number of nitrogens with one attached hydrogen (secondary N) is 1. The third kappa shape index (κ3) is 4.77. The molecule has 1 rings (SSSR count). The van der Waals surface area contributed by atoms with Gasteiger partial charge in [-0.3, -0.25) is 4.79 Å². The summed E-state index contributed by atoms with van der Waals surface area (Å²) in [6.07, 6.45) is 2.11. The molecule has 0 radical (unpaired) electrons. The van der Waals surface area contributed by atoms with Crippen molar-refractivity contribution in [3.8, 4) is 0 Å². The number of amides is 1. The molecule has 0 aromatic rings. The number of likely N-dealkylation sites (tertiary alicyclic amines) is 1. The zero-order chi connectivity index (χ0) is 13.1. The monoisotopic (exact) mass is 276 g/mol. The van der Waals surface area contributed by atoms with Gasteiger partial charge in [-0.15, -0.1) is 12.4 Å². The molecule has 0 saturated carbocycles. The molecule has 0 aromatic carbocycles. The van der Waals surface area contributed by atoms with E-state index in [2.05, 4.69) is 37.9 Å². The van der Waals surface area contributed by atoms with Crippen LogP contribution >= 0.6 is 12.4 Å². The van der Waals surface area contributed by atoms with Crippen LogP contribution < -0.4 is 5.32 Å². The van der Waals surface area contributed by atoms with Crippen molar-refractivity contribution in [2.24, 2.45) is 17.3 Å². The average molecular weight is 277 g/mol. The fourth-order valence-corrected chi connectivity index (χ4v) is 3.01. The van der Waals surface area contributed by atoms with Gasteiger partial charge in [0.25, 0.3) is 0 Å². The van der Waals surface area contributed by atoms with Crippen molar-refractivity contribution in [1.82, 2.24) is 10.2 Å². The summed E-state index contributed by atoms with van der Waals surface area (Å²) in [7, 11) is 1.98. The maximum Gasteiger partial charge on any atom is 0.228 e. The lowest BCUT2D eigenvalue weighted by Gasteiger charge is -2.30. The highest BCUT2D eigenvalue weighted by atomic mass is 35.5. The first kappa shape index (κ1) is 17.7. The van der Waals surface area contributed by atoms with E-state index in [-0.39, 0.29) is 17.8 Å². The predicted octanol–water partition coefficient (Wildman–Crippen LogP) is 2.55. The van der Waals surface area contributed by atoms with E-state index in [0.29, 0.717) is 17.7 Å². The molecule has 4 heteroatoms. The van der Waals surface area contributed by atoms with E-state index in [1.807, 2.05) is 7.05 Å². The average Bonchev–Trinajstić information content (AvgIpc) is 2.63. The molecule has 1 amide bonds. The summed E-state index contributed by atoms with van der Waals surface area (Å²) in [4.78, 5) is 14.5. The molecular formula is C14H29ClN2O. The number of carbonyl (C=O) groups excluding carboxylic acids is 1. The third-order valence-electron chi connectivity index (χ3n) is 3.56. The second kappa shape index (κ2) is 7.34. The summed E-state index contributed by atoms with van der Waals surface area (Å²) in [5, 5.41) is 3.20.